The summed E-state index contributed by atoms with van der Waals surface area (Å²) < 4.78 is 27.5. The number of hydrogen-bond donors (Lipinski definition) is 2. The summed E-state index contributed by atoms with van der Waals surface area (Å²) in [7, 11) is 0.143. The third-order valence-electron chi connectivity index (χ3n) is 2.82. The van der Waals surface area contributed by atoms with Gasteiger partial charge in [-0.2, -0.15) is 0 Å². The largest absolute Gasteiger partial charge is 0.382 e. The van der Waals surface area contributed by atoms with E-state index in [1.807, 2.05) is 19.0 Å². The highest BCUT2D eigenvalue weighted by atomic mass is 35.5. The van der Waals surface area contributed by atoms with Crippen LogP contribution in [-0.4, -0.2) is 45.0 Å². The lowest BCUT2D eigenvalue weighted by Crippen LogP contribution is -2.42. The van der Waals surface area contributed by atoms with Crippen LogP contribution in [-0.2, 0) is 10.0 Å². The van der Waals surface area contributed by atoms with Gasteiger partial charge in [0.2, 0.25) is 10.0 Å². The van der Waals surface area contributed by atoms with Crippen molar-refractivity contribution in [3.63, 3.8) is 0 Å². The first-order valence-electron chi connectivity index (χ1n) is 6.70. The number of nitrogens with zero attached hydrogens (tertiary/aromatic N) is 2. The average molecular weight is 335 g/mol. The summed E-state index contributed by atoms with van der Waals surface area (Å²) in [6.45, 7) is 4.73. The molecular weight excluding hydrogens is 312 g/mol. The Hall–Kier alpha value is -0.890. The van der Waals surface area contributed by atoms with Gasteiger partial charge in [0.25, 0.3) is 0 Å². The Morgan fingerprint density at radius 1 is 1.43 bits per heavy atom. The van der Waals surface area contributed by atoms with Crippen molar-refractivity contribution in [3.8, 4) is 0 Å². The SMILES string of the molecule is CC(C)CC(CN(C)C)NS(=O)(=O)c1cnc(N)c(Cl)c1. The number of rotatable bonds is 7. The minimum absolute atomic E-state index is 0.0224. The Bertz CT molecular complexity index is 566. The van der Waals surface area contributed by atoms with Crippen LogP contribution in [0.3, 0.4) is 0 Å². The van der Waals surface area contributed by atoms with Crippen molar-refractivity contribution in [1.29, 1.82) is 0 Å². The quantitative estimate of drug-likeness (QED) is 0.790. The van der Waals surface area contributed by atoms with Crippen molar-refractivity contribution >= 4 is 27.4 Å². The molecule has 21 heavy (non-hydrogen) atoms. The van der Waals surface area contributed by atoms with E-state index in [1.54, 1.807) is 0 Å². The topological polar surface area (TPSA) is 88.3 Å². The predicted octanol–water partition coefficient (Wildman–Crippen LogP) is 1.57. The lowest BCUT2D eigenvalue weighted by Gasteiger charge is -2.23. The number of likely N-dealkylation sites (N-methyl/N-ethyl adjacent to an activating group) is 1. The zero-order valence-corrected chi connectivity index (χ0v) is 14.4. The van der Waals surface area contributed by atoms with Gasteiger partial charge in [0.1, 0.15) is 10.7 Å². The van der Waals surface area contributed by atoms with Crippen molar-refractivity contribution in [2.45, 2.75) is 31.2 Å². The van der Waals surface area contributed by atoms with Crippen LogP contribution in [0.4, 0.5) is 5.82 Å². The van der Waals surface area contributed by atoms with Crippen LogP contribution in [0.5, 0.6) is 0 Å². The van der Waals surface area contributed by atoms with Gasteiger partial charge >= 0.3 is 0 Å². The van der Waals surface area contributed by atoms with Crippen molar-refractivity contribution in [3.05, 3.63) is 17.3 Å². The Morgan fingerprint density at radius 3 is 2.52 bits per heavy atom. The van der Waals surface area contributed by atoms with Crippen molar-refractivity contribution in [1.82, 2.24) is 14.6 Å². The molecule has 0 spiro atoms. The maximum atomic E-state index is 12.4. The molecule has 0 aliphatic rings. The van der Waals surface area contributed by atoms with Gasteiger partial charge < -0.3 is 10.6 Å². The van der Waals surface area contributed by atoms with Crippen molar-refractivity contribution < 1.29 is 8.42 Å². The normalized spacial score (nSPS) is 13.9. The van der Waals surface area contributed by atoms with Crippen LogP contribution < -0.4 is 10.5 Å². The molecule has 1 rings (SSSR count). The van der Waals surface area contributed by atoms with E-state index in [4.69, 9.17) is 17.3 Å². The fourth-order valence-corrected chi connectivity index (χ4v) is 3.48. The number of nitrogen functional groups attached to an aromatic ring is 1. The summed E-state index contributed by atoms with van der Waals surface area (Å²) in [4.78, 5) is 5.76. The van der Waals surface area contributed by atoms with Crippen LogP contribution in [0.15, 0.2) is 17.2 Å². The highest BCUT2D eigenvalue weighted by Gasteiger charge is 2.22. The fraction of sp³-hybridized carbons (Fsp3) is 0.615. The maximum absolute atomic E-state index is 12.4. The summed E-state index contributed by atoms with van der Waals surface area (Å²) in [5.74, 6) is 0.494. The molecule has 0 aromatic carbocycles. The van der Waals surface area contributed by atoms with Gasteiger partial charge in [-0.3, -0.25) is 0 Å². The standard InChI is InChI=1S/C13H23ClN4O2S/c1-9(2)5-10(8-18(3)4)17-21(19,20)11-6-12(14)13(15)16-7-11/h6-7,9-10,17H,5,8H2,1-4H3,(H2,15,16). The van der Waals surface area contributed by atoms with Crippen LogP contribution in [0.2, 0.25) is 5.02 Å². The first-order valence-corrected chi connectivity index (χ1v) is 8.56. The minimum atomic E-state index is -3.67. The smallest absolute Gasteiger partial charge is 0.242 e. The molecule has 120 valence electrons. The van der Waals surface area contributed by atoms with E-state index >= 15 is 0 Å². The van der Waals surface area contributed by atoms with E-state index in [2.05, 4.69) is 23.6 Å². The van der Waals surface area contributed by atoms with E-state index in [0.717, 1.165) is 6.42 Å². The molecule has 8 heteroatoms. The van der Waals surface area contributed by atoms with Crippen LogP contribution >= 0.6 is 11.6 Å². The Morgan fingerprint density at radius 2 is 2.05 bits per heavy atom. The van der Waals surface area contributed by atoms with Crippen LogP contribution in [0.25, 0.3) is 0 Å². The molecule has 1 unspecified atom stereocenters. The fourth-order valence-electron chi connectivity index (χ4n) is 2.04. The molecule has 6 nitrogen and oxygen atoms in total. The summed E-state index contributed by atoms with van der Waals surface area (Å²) in [5.41, 5.74) is 5.50. The second-order valence-corrected chi connectivity index (χ2v) is 7.87. The van der Waals surface area contributed by atoms with Gasteiger partial charge in [0, 0.05) is 18.8 Å². The van der Waals surface area contributed by atoms with Crippen LogP contribution in [0.1, 0.15) is 20.3 Å². The van der Waals surface area contributed by atoms with Crippen molar-refractivity contribution in [2.75, 3.05) is 26.4 Å². The number of anilines is 1. The molecule has 0 amide bonds. The van der Waals surface area contributed by atoms with Gasteiger partial charge in [-0.05, 0) is 32.5 Å². The molecule has 3 N–H and O–H groups in total. The number of nitrogens with one attached hydrogen (secondary N) is 1. The molecule has 1 aromatic rings. The molecule has 0 aliphatic carbocycles. The molecule has 0 saturated carbocycles. The molecule has 1 atom stereocenters. The number of nitrogens with two attached hydrogens (primary N) is 1. The summed E-state index contributed by atoms with van der Waals surface area (Å²) in [5, 5.41) is 0.130. The second-order valence-electron chi connectivity index (χ2n) is 5.75. The number of aromatic nitrogens is 1. The summed E-state index contributed by atoms with van der Waals surface area (Å²) in [6.07, 6.45) is 1.96. The molecule has 0 saturated heterocycles. The first-order chi connectivity index (χ1) is 9.61. The molecule has 0 bridgehead atoms. The number of hydrogen-bond acceptors (Lipinski definition) is 5. The third kappa shape index (κ3) is 5.78. The van der Waals surface area contributed by atoms with E-state index < -0.39 is 10.0 Å². The van der Waals surface area contributed by atoms with E-state index in [9.17, 15) is 8.42 Å². The first kappa shape index (κ1) is 18.2. The molecule has 0 fully saturated rings. The van der Waals surface area contributed by atoms with Gasteiger partial charge in [0.05, 0.1) is 5.02 Å². The summed E-state index contributed by atoms with van der Waals surface area (Å²) >= 11 is 5.84. The van der Waals surface area contributed by atoms with E-state index in [-0.39, 0.29) is 21.8 Å². The number of pyridine rings is 1. The lowest BCUT2D eigenvalue weighted by atomic mass is 10.0. The average Bonchev–Trinajstić information content (AvgIpc) is 2.29. The molecular formula is C13H23ClN4O2S. The van der Waals surface area contributed by atoms with Gasteiger partial charge in [-0.15, -0.1) is 0 Å². The Labute approximate surface area is 131 Å². The molecule has 1 heterocycles. The van der Waals surface area contributed by atoms with Gasteiger partial charge in [0.15, 0.2) is 0 Å². The predicted molar refractivity (Wildman–Crippen MR) is 85.8 cm³/mol. The van der Waals surface area contributed by atoms with Gasteiger partial charge in [-0.25, -0.2) is 18.1 Å². The molecule has 1 aromatic heterocycles. The zero-order valence-electron chi connectivity index (χ0n) is 12.8. The van der Waals surface area contributed by atoms with Gasteiger partial charge in [-0.1, -0.05) is 25.4 Å². The van der Waals surface area contributed by atoms with Crippen LogP contribution in [0, 0.1) is 5.92 Å². The highest BCUT2D eigenvalue weighted by Crippen LogP contribution is 2.20. The lowest BCUT2D eigenvalue weighted by molar-refractivity contribution is 0.329. The second kappa shape index (κ2) is 7.40. The number of sulfonamides is 1. The third-order valence-corrected chi connectivity index (χ3v) is 4.61. The maximum Gasteiger partial charge on any atom is 0.242 e. The van der Waals surface area contributed by atoms with E-state index in [0.29, 0.717) is 12.5 Å². The Balaban J connectivity index is 2.96. The van der Waals surface area contributed by atoms with E-state index in [1.165, 1.54) is 12.3 Å². The summed E-state index contributed by atoms with van der Waals surface area (Å²) in [6, 6.07) is 1.13. The monoisotopic (exact) mass is 334 g/mol. The zero-order chi connectivity index (χ0) is 16.2. The van der Waals surface area contributed by atoms with Crippen molar-refractivity contribution in [2.24, 2.45) is 5.92 Å². The highest BCUT2D eigenvalue weighted by molar-refractivity contribution is 7.89. The number of halogens is 1. The molecule has 0 radical (unpaired) electrons. The minimum Gasteiger partial charge on any atom is -0.382 e. The molecule has 0 aliphatic heterocycles. The Kier molecular flexibility index (Phi) is 6.40.